The fraction of sp³-hybridized carbons (Fsp3) is 0.769. The summed E-state index contributed by atoms with van der Waals surface area (Å²) in [5, 5.41) is 13.1. The van der Waals surface area contributed by atoms with Gasteiger partial charge in [-0.1, -0.05) is 0 Å². The number of hydrogen-bond acceptors (Lipinski definition) is 7. The smallest absolute Gasteiger partial charge is 0.231 e. The molecule has 2 fully saturated rings. The summed E-state index contributed by atoms with van der Waals surface area (Å²) >= 11 is 6.02. The van der Waals surface area contributed by atoms with E-state index in [4.69, 9.17) is 16.3 Å². The number of aliphatic hydroxyl groups excluding tert-OH is 1. The number of hydrogen-bond donors (Lipinski definition) is 2. The third kappa shape index (κ3) is 3.36. The molecule has 0 spiro atoms. The molecule has 1 aromatic rings. The van der Waals surface area contributed by atoms with Gasteiger partial charge in [0.05, 0.1) is 12.1 Å². The van der Waals surface area contributed by atoms with E-state index in [1.165, 1.54) is 0 Å². The summed E-state index contributed by atoms with van der Waals surface area (Å²) in [6.07, 6.45) is 3.71. The summed E-state index contributed by atoms with van der Waals surface area (Å²) in [6, 6.07) is 0. The monoisotopic (exact) mass is 313 g/mol. The van der Waals surface area contributed by atoms with Gasteiger partial charge >= 0.3 is 0 Å². The van der Waals surface area contributed by atoms with Crippen molar-refractivity contribution < 1.29 is 9.84 Å². The Balaban J connectivity index is 1.80. The van der Waals surface area contributed by atoms with E-state index in [1.54, 1.807) is 0 Å². The Labute approximate surface area is 128 Å². The van der Waals surface area contributed by atoms with Gasteiger partial charge in [0.1, 0.15) is 0 Å². The van der Waals surface area contributed by atoms with Gasteiger partial charge in [-0.15, -0.1) is 0 Å². The molecule has 8 heteroatoms. The SMILES string of the molecule is OCC1(Nc2nc(Cl)nc(N3CCCC3)n2)CCOCC1. The second kappa shape index (κ2) is 6.29. The van der Waals surface area contributed by atoms with Crippen molar-refractivity contribution in [3.63, 3.8) is 0 Å². The number of anilines is 2. The number of halogens is 1. The average molecular weight is 314 g/mol. The van der Waals surface area contributed by atoms with Gasteiger partial charge in [0.25, 0.3) is 0 Å². The Bertz CT molecular complexity index is 489. The molecule has 0 atom stereocenters. The molecule has 0 aliphatic carbocycles. The molecular weight excluding hydrogens is 294 g/mol. The molecule has 116 valence electrons. The summed E-state index contributed by atoms with van der Waals surface area (Å²) in [6.45, 7) is 3.13. The van der Waals surface area contributed by atoms with Gasteiger partial charge < -0.3 is 20.1 Å². The van der Waals surface area contributed by atoms with Gasteiger partial charge in [-0.25, -0.2) is 0 Å². The number of aromatic nitrogens is 3. The van der Waals surface area contributed by atoms with Crippen LogP contribution in [0.25, 0.3) is 0 Å². The van der Waals surface area contributed by atoms with Gasteiger partial charge in [-0.2, -0.15) is 15.0 Å². The maximum atomic E-state index is 9.72. The normalized spacial score (nSPS) is 21.5. The van der Waals surface area contributed by atoms with E-state index in [0.717, 1.165) is 25.9 Å². The van der Waals surface area contributed by atoms with Gasteiger partial charge in [0.2, 0.25) is 17.2 Å². The van der Waals surface area contributed by atoms with Crippen molar-refractivity contribution in [2.75, 3.05) is 43.1 Å². The molecule has 0 saturated carbocycles. The van der Waals surface area contributed by atoms with Crippen LogP contribution in [-0.4, -0.2) is 58.5 Å². The second-order valence-corrected chi connectivity index (χ2v) is 5.94. The van der Waals surface area contributed by atoms with Crippen LogP contribution in [-0.2, 0) is 4.74 Å². The van der Waals surface area contributed by atoms with Gasteiger partial charge in [0.15, 0.2) is 0 Å². The van der Waals surface area contributed by atoms with Crippen LogP contribution in [0.15, 0.2) is 0 Å². The molecule has 0 radical (unpaired) electrons. The molecule has 21 heavy (non-hydrogen) atoms. The first-order valence-electron chi connectivity index (χ1n) is 7.34. The molecule has 2 N–H and O–H groups in total. The quantitative estimate of drug-likeness (QED) is 0.860. The molecule has 7 nitrogen and oxygen atoms in total. The molecule has 0 unspecified atom stereocenters. The Morgan fingerprint density at radius 3 is 2.57 bits per heavy atom. The molecule has 0 bridgehead atoms. The van der Waals surface area contributed by atoms with Crippen molar-refractivity contribution in [3.05, 3.63) is 5.28 Å². The van der Waals surface area contributed by atoms with Crippen LogP contribution in [0, 0.1) is 0 Å². The van der Waals surface area contributed by atoms with Crippen LogP contribution in [0.1, 0.15) is 25.7 Å². The van der Waals surface area contributed by atoms with E-state index < -0.39 is 5.54 Å². The highest BCUT2D eigenvalue weighted by atomic mass is 35.5. The van der Waals surface area contributed by atoms with E-state index in [0.29, 0.717) is 38.0 Å². The average Bonchev–Trinajstić information content (AvgIpc) is 3.02. The highest BCUT2D eigenvalue weighted by molar-refractivity contribution is 6.28. The fourth-order valence-electron chi connectivity index (χ4n) is 2.78. The molecule has 2 saturated heterocycles. The summed E-state index contributed by atoms with van der Waals surface area (Å²) < 4.78 is 5.35. The zero-order valence-electron chi connectivity index (χ0n) is 11.9. The standard InChI is InChI=1S/C13H20ClN5O2/c14-10-15-11(17-12(16-10)19-5-1-2-6-19)18-13(9-20)3-7-21-8-4-13/h20H,1-9H2,(H,15,16,17,18). The molecule has 2 aliphatic heterocycles. The predicted octanol–water partition coefficient (Wildman–Crippen LogP) is 1.08. The minimum Gasteiger partial charge on any atom is -0.394 e. The molecule has 0 aromatic carbocycles. The lowest BCUT2D eigenvalue weighted by Crippen LogP contribution is -2.47. The van der Waals surface area contributed by atoms with Crippen molar-refractivity contribution in [2.24, 2.45) is 0 Å². The van der Waals surface area contributed by atoms with Crippen molar-refractivity contribution >= 4 is 23.5 Å². The summed E-state index contributed by atoms with van der Waals surface area (Å²) in [5.41, 5.74) is -0.439. The predicted molar refractivity (Wildman–Crippen MR) is 79.8 cm³/mol. The Morgan fingerprint density at radius 1 is 1.19 bits per heavy atom. The number of nitrogens with zero attached hydrogens (tertiary/aromatic N) is 4. The van der Waals surface area contributed by atoms with Crippen LogP contribution in [0.2, 0.25) is 5.28 Å². The Kier molecular flexibility index (Phi) is 4.42. The van der Waals surface area contributed by atoms with Crippen LogP contribution < -0.4 is 10.2 Å². The van der Waals surface area contributed by atoms with Crippen LogP contribution >= 0.6 is 11.6 Å². The minimum absolute atomic E-state index is 0.0126. The molecule has 3 rings (SSSR count). The third-order valence-electron chi connectivity index (χ3n) is 4.11. The van der Waals surface area contributed by atoms with E-state index in [2.05, 4.69) is 25.2 Å². The summed E-state index contributed by atoms with van der Waals surface area (Å²) in [7, 11) is 0. The first-order chi connectivity index (χ1) is 10.2. The Morgan fingerprint density at radius 2 is 1.90 bits per heavy atom. The van der Waals surface area contributed by atoms with Crippen LogP contribution in [0.3, 0.4) is 0 Å². The lowest BCUT2D eigenvalue weighted by molar-refractivity contribution is 0.0377. The van der Waals surface area contributed by atoms with Gasteiger partial charge in [0, 0.05) is 26.3 Å². The number of rotatable bonds is 4. The summed E-state index contributed by atoms with van der Waals surface area (Å²) in [4.78, 5) is 14.9. The van der Waals surface area contributed by atoms with Crippen molar-refractivity contribution in [1.82, 2.24) is 15.0 Å². The van der Waals surface area contributed by atoms with Crippen LogP contribution in [0.5, 0.6) is 0 Å². The number of nitrogens with one attached hydrogen (secondary N) is 1. The van der Waals surface area contributed by atoms with E-state index >= 15 is 0 Å². The Hall–Kier alpha value is -1.18. The third-order valence-corrected chi connectivity index (χ3v) is 4.28. The topological polar surface area (TPSA) is 83.4 Å². The highest BCUT2D eigenvalue weighted by Gasteiger charge is 2.33. The zero-order chi connectivity index (χ0) is 14.7. The fourth-order valence-corrected chi connectivity index (χ4v) is 2.93. The van der Waals surface area contributed by atoms with E-state index in [1.807, 2.05) is 0 Å². The van der Waals surface area contributed by atoms with E-state index in [9.17, 15) is 5.11 Å². The van der Waals surface area contributed by atoms with Crippen molar-refractivity contribution in [2.45, 2.75) is 31.2 Å². The van der Waals surface area contributed by atoms with Crippen molar-refractivity contribution in [1.29, 1.82) is 0 Å². The van der Waals surface area contributed by atoms with Gasteiger partial charge in [-0.05, 0) is 37.3 Å². The molecule has 0 amide bonds. The minimum atomic E-state index is -0.439. The number of aliphatic hydroxyl groups is 1. The number of ether oxygens (including phenoxy) is 1. The maximum absolute atomic E-state index is 9.72. The lowest BCUT2D eigenvalue weighted by Gasteiger charge is -2.36. The first kappa shape index (κ1) is 14.7. The van der Waals surface area contributed by atoms with E-state index in [-0.39, 0.29) is 11.9 Å². The molecular formula is C13H20ClN5O2. The largest absolute Gasteiger partial charge is 0.394 e. The lowest BCUT2D eigenvalue weighted by atomic mass is 9.91. The second-order valence-electron chi connectivity index (χ2n) is 5.60. The maximum Gasteiger partial charge on any atom is 0.231 e. The van der Waals surface area contributed by atoms with Gasteiger partial charge in [-0.3, -0.25) is 0 Å². The molecule has 1 aromatic heterocycles. The molecule has 3 heterocycles. The molecule has 2 aliphatic rings. The van der Waals surface area contributed by atoms with Crippen LogP contribution in [0.4, 0.5) is 11.9 Å². The zero-order valence-corrected chi connectivity index (χ0v) is 12.6. The summed E-state index contributed by atoms with van der Waals surface area (Å²) in [5.74, 6) is 1.03. The first-order valence-corrected chi connectivity index (χ1v) is 7.72. The highest BCUT2D eigenvalue weighted by Crippen LogP contribution is 2.26. The van der Waals surface area contributed by atoms with Crippen molar-refractivity contribution in [3.8, 4) is 0 Å².